The van der Waals surface area contributed by atoms with Crippen molar-refractivity contribution in [2.45, 2.75) is 96.7 Å². The van der Waals surface area contributed by atoms with E-state index in [1.165, 1.54) is 27.2 Å². The zero-order chi connectivity index (χ0) is 25.4. The Morgan fingerprint density at radius 3 is 1.82 bits per heavy atom. The monoisotopic (exact) mass is 466 g/mol. The third kappa shape index (κ3) is 5.99. The average Bonchev–Trinajstić information content (AvgIpc) is 2.63. The summed E-state index contributed by atoms with van der Waals surface area (Å²) in [6, 6.07) is 0. The molecule has 186 valence electrons. The number of azo groups is 1. The van der Waals surface area contributed by atoms with E-state index < -0.39 is 34.6 Å². The Morgan fingerprint density at radius 1 is 0.939 bits per heavy atom. The van der Waals surface area contributed by atoms with Crippen molar-refractivity contribution >= 4 is 17.9 Å². The lowest BCUT2D eigenvalue weighted by molar-refractivity contribution is -0.149. The molecule has 4 N–H and O–H groups in total. The molecule has 0 aliphatic heterocycles. The van der Waals surface area contributed by atoms with Crippen molar-refractivity contribution < 1.29 is 34.8 Å². The predicted molar refractivity (Wildman–Crippen MR) is 121 cm³/mol. The van der Waals surface area contributed by atoms with E-state index in [0.29, 0.717) is 17.4 Å². The van der Waals surface area contributed by atoms with Crippen LogP contribution >= 0.6 is 0 Å². The zero-order valence-electron chi connectivity index (χ0n) is 20.5. The molecule has 33 heavy (non-hydrogen) atoms. The summed E-state index contributed by atoms with van der Waals surface area (Å²) in [5, 5.41) is 44.7. The number of carboxylic acid groups (broad SMARTS) is 3. The van der Waals surface area contributed by atoms with E-state index in [2.05, 4.69) is 10.2 Å². The van der Waals surface area contributed by atoms with Gasteiger partial charge in [-0.05, 0) is 89.4 Å². The first kappa shape index (κ1) is 27.0. The molecule has 9 heteroatoms. The van der Waals surface area contributed by atoms with Crippen LogP contribution in [0.2, 0.25) is 0 Å². The van der Waals surface area contributed by atoms with Gasteiger partial charge < -0.3 is 20.4 Å². The first-order chi connectivity index (χ1) is 14.9. The number of hydrogen-bond donors (Lipinski definition) is 4. The van der Waals surface area contributed by atoms with Gasteiger partial charge in [0.25, 0.3) is 0 Å². The molecule has 4 fully saturated rings. The van der Waals surface area contributed by atoms with Gasteiger partial charge in [-0.2, -0.15) is 10.2 Å². The minimum absolute atomic E-state index is 0.0265. The van der Waals surface area contributed by atoms with Crippen LogP contribution in [0, 0.1) is 23.2 Å². The molecule has 4 bridgehead atoms. The fourth-order valence-electron chi connectivity index (χ4n) is 5.65. The molecular formula is C24H38N2O7. The second-order valence-electron chi connectivity index (χ2n) is 11.4. The molecule has 4 aliphatic rings. The standard InChI is InChI=1S/C14H20O3.C10H18N2O4/c1-9(12(15)16)3-13-4-10-2-11(5-13)7-14(17,6-10)8-13;1-6(2)10(5,8(15)16)12-11-9(3,4)7(13)14/h3,10-11,17H,2,4-8H2,1H3,(H,15,16);6H,1-5H3,(H,13,14)(H,15,16). The van der Waals surface area contributed by atoms with E-state index in [1.54, 1.807) is 20.8 Å². The Hall–Kier alpha value is -2.29. The fourth-order valence-corrected chi connectivity index (χ4v) is 5.65. The molecule has 0 heterocycles. The van der Waals surface area contributed by atoms with Crippen molar-refractivity contribution in [1.82, 2.24) is 0 Å². The Bertz CT molecular complexity index is 847. The Balaban J connectivity index is 0.000000235. The second kappa shape index (κ2) is 9.16. The van der Waals surface area contributed by atoms with Crippen molar-refractivity contribution in [3.05, 3.63) is 11.6 Å². The molecule has 0 aromatic rings. The molecule has 3 unspecified atom stereocenters. The van der Waals surface area contributed by atoms with Gasteiger partial charge in [-0.1, -0.05) is 19.9 Å². The van der Waals surface area contributed by atoms with Crippen LogP contribution in [0.5, 0.6) is 0 Å². The SMILES string of the molecule is CC(=CC12CC3CC(CC(O)(C3)C1)C2)C(=O)O.CC(C)C(C)(N=NC(C)(C)C(=O)O)C(=O)O. The molecule has 3 atom stereocenters. The van der Waals surface area contributed by atoms with Crippen molar-refractivity contribution in [2.75, 3.05) is 0 Å². The number of carboxylic acids is 3. The highest BCUT2D eigenvalue weighted by Gasteiger charge is 2.56. The van der Waals surface area contributed by atoms with Crippen LogP contribution in [0.15, 0.2) is 21.9 Å². The molecule has 4 saturated carbocycles. The van der Waals surface area contributed by atoms with Gasteiger partial charge in [0.1, 0.15) is 0 Å². The number of nitrogens with zero attached hydrogens (tertiary/aromatic N) is 2. The first-order valence-corrected chi connectivity index (χ1v) is 11.5. The Kier molecular flexibility index (Phi) is 7.48. The van der Waals surface area contributed by atoms with E-state index >= 15 is 0 Å². The molecule has 0 radical (unpaired) electrons. The quantitative estimate of drug-likeness (QED) is 0.324. The highest BCUT2D eigenvalue weighted by Crippen LogP contribution is 2.62. The maximum atomic E-state index is 11.0. The van der Waals surface area contributed by atoms with E-state index in [9.17, 15) is 19.5 Å². The van der Waals surface area contributed by atoms with Gasteiger partial charge in [0.2, 0.25) is 0 Å². The highest BCUT2D eigenvalue weighted by molar-refractivity contribution is 5.86. The smallest absolute Gasteiger partial charge is 0.333 e. The van der Waals surface area contributed by atoms with Gasteiger partial charge >= 0.3 is 17.9 Å². The van der Waals surface area contributed by atoms with Crippen LogP contribution in [-0.2, 0) is 14.4 Å². The predicted octanol–water partition coefficient (Wildman–Crippen LogP) is 4.15. The Labute approximate surface area is 195 Å². The molecule has 0 amide bonds. The summed E-state index contributed by atoms with van der Waals surface area (Å²) in [5.74, 6) is -2.15. The van der Waals surface area contributed by atoms with E-state index in [0.717, 1.165) is 32.1 Å². The van der Waals surface area contributed by atoms with Crippen molar-refractivity contribution in [3.63, 3.8) is 0 Å². The lowest BCUT2D eigenvalue weighted by Crippen LogP contribution is -2.55. The minimum Gasteiger partial charge on any atom is -0.479 e. The largest absolute Gasteiger partial charge is 0.479 e. The van der Waals surface area contributed by atoms with Gasteiger partial charge in [0.05, 0.1) is 5.60 Å². The minimum atomic E-state index is -1.41. The molecule has 4 aliphatic carbocycles. The van der Waals surface area contributed by atoms with Crippen LogP contribution < -0.4 is 0 Å². The summed E-state index contributed by atoms with van der Waals surface area (Å²) in [7, 11) is 0. The van der Waals surface area contributed by atoms with Crippen LogP contribution in [0.25, 0.3) is 0 Å². The van der Waals surface area contributed by atoms with Gasteiger partial charge in [-0.25, -0.2) is 14.4 Å². The molecule has 0 saturated heterocycles. The number of rotatable bonds is 7. The molecule has 4 rings (SSSR count). The number of allylic oxidation sites excluding steroid dienone is 1. The van der Waals surface area contributed by atoms with Crippen molar-refractivity contribution in [2.24, 2.45) is 33.4 Å². The first-order valence-electron chi connectivity index (χ1n) is 11.5. The van der Waals surface area contributed by atoms with E-state index in [-0.39, 0.29) is 11.3 Å². The summed E-state index contributed by atoms with van der Waals surface area (Å²) >= 11 is 0. The third-order valence-corrected chi connectivity index (χ3v) is 7.52. The summed E-state index contributed by atoms with van der Waals surface area (Å²) in [6.07, 6.45) is 7.99. The van der Waals surface area contributed by atoms with Crippen LogP contribution in [-0.4, -0.2) is 55.0 Å². The number of hydrogen-bond acceptors (Lipinski definition) is 6. The lowest BCUT2D eigenvalue weighted by atomic mass is 9.48. The second-order valence-corrected chi connectivity index (χ2v) is 11.4. The van der Waals surface area contributed by atoms with Crippen molar-refractivity contribution in [3.8, 4) is 0 Å². The average molecular weight is 467 g/mol. The van der Waals surface area contributed by atoms with Gasteiger partial charge in [-0.3, -0.25) is 0 Å². The van der Waals surface area contributed by atoms with Crippen molar-refractivity contribution in [1.29, 1.82) is 0 Å². The number of carbonyl (C=O) groups is 3. The van der Waals surface area contributed by atoms with Crippen LogP contribution in [0.4, 0.5) is 0 Å². The fraction of sp³-hybridized carbons (Fsp3) is 0.792. The molecule has 9 nitrogen and oxygen atoms in total. The molecule has 0 spiro atoms. The van der Waals surface area contributed by atoms with Crippen LogP contribution in [0.3, 0.4) is 0 Å². The van der Waals surface area contributed by atoms with Gasteiger partial charge in [0, 0.05) is 5.57 Å². The van der Waals surface area contributed by atoms with E-state index in [4.69, 9.17) is 15.3 Å². The molecular weight excluding hydrogens is 428 g/mol. The summed E-state index contributed by atoms with van der Waals surface area (Å²) in [5.41, 5.74) is -2.89. The van der Waals surface area contributed by atoms with Crippen LogP contribution in [0.1, 0.15) is 80.1 Å². The molecule has 0 aromatic heterocycles. The zero-order valence-corrected chi connectivity index (χ0v) is 20.5. The van der Waals surface area contributed by atoms with E-state index in [1.807, 2.05) is 6.08 Å². The normalized spacial score (nSPS) is 32.9. The van der Waals surface area contributed by atoms with Gasteiger partial charge in [-0.15, -0.1) is 0 Å². The Morgan fingerprint density at radius 2 is 1.45 bits per heavy atom. The lowest BCUT2D eigenvalue weighted by Gasteiger charge is -2.59. The topological polar surface area (TPSA) is 157 Å². The van der Waals surface area contributed by atoms with Gasteiger partial charge in [0.15, 0.2) is 11.1 Å². The summed E-state index contributed by atoms with van der Waals surface area (Å²) in [6.45, 7) is 9.21. The maximum absolute atomic E-state index is 11.0. The summed E-state index contributed by atoms with van der Waals surface area (Å²) in [4.78, 5) is 32.8. The highest BCUT2D eigenvalue weighted by atomic mass is 16.4. The summed E-state index contributed by atoms with van der Waals surface area (Å²) < 4.78 is 0. The molecule has 0 aromatic carbocycles. The number of aliphatic carboxylic acids is 3. The maximum Gasteiger partial charge on any atom is 0.333 e. The third-order valence-electron chi connectivity index (χ3n) is 7.52. The number of aliphatic hydroxyl groups is 1.